The molecule has 1 aliphatic rings. The van der Waals surface area contributed by atoms with Crippen molar-refractivity contribution in [2.45, 2.75) is 45.2 Å². The van der Waals surface area contributed by atoms with Crippen molar-refractivity contribution in [3.63, 3.8) is 0 Å². The average molecular weight is 546 g/mol. The third kappa shape index (κ3) is 5.86. The van der Waals surface area contributed by atoms with Crippen molar-refractivity contribution in [2.24, 2.45) is 0 Å². The Bertz CT molecular complexity index is 1500. The lowest BCUT2D eigenvalue weighted by atomic mass is 9.94. The molecule has 2 aromatic heterocycles. The molecule has 4 aromatic rings. The minimum absolute atomic E-state index is 0.0902. The third-order valence-electron chi connectivity index (χ3n) is 6.99. The molecule has 39 heavy (non-hydrogen) atoms. The van der Waals surface area contributed by atoms with E-state index in [4.69, 9.17) is 0 Å². The van der Waals surface area contributed by atoms with E-state index in [1.54, 1.807) is 18.2 Å². The molecule has 10 heteroatoms. The second kappa shape index (κ2) is 11.0. The summed E-state index contributed by atoms with van der Waals surface area (Å²) in [5, 5.41) is 19.9. The Morgan fingerprint density at radius 1 is 0.974 bits per heavy atom. The highest BCUT2D eigenvalue weighted by Gasteiger charge is 2.27. The lowest BCUT2D eigenvalue weighted by molar-refractivity contribution is 0.0915. The Labute approximate surface area is 230 Å². The molecule has 1 saturated heterocycles. The molecule has 0 atom stereocenters. The smallest absolute Gasteiger partial charge is 0.433 e. The molecule has 2 aromatic carbocycles. The van der Waals surface area contributed by atoms with E-state index in [0.717, 1.165) is 46.8 Å². The predicted molar refractivity (Wildman–Crippen MR) is 151 cm³/mol. The number of amides is 2. The summed E-state index contributed by atoms with van der Waals surface area (Å²) in [6, 6.07) is 18.6. The molecule has 1 aliphatic heterocycles. The van der Waals surface area contributed by atoms with E-state index in [0.29, 0.717) is 15.8 Å². The fraction of sp³-hybridized carbons (Fsp3) is 0.310. The van der Waals surface area contributed by atoms with Crippen molar-refractivity contribution in [2.75, 3.05) is 18.4 Å². The first-order valence-electron chi connectivity index (χ1n) is 13.0. The maximum atomic E-state index is 13.1. The van der Waals surface area contributed by atoms with E-state index in [1.807, 2.05) is 56.3 Å². The molecular weight excluding hydrogens is 514 g/mol. The van der Waals surface area contributed by atoms with Gasteiger partial charge in [0.05, 0.1) is 15.8 Å². The Morgan fingerprint density at radius 3 is 2.33 bits per heavy atom. The molecule has 0 bridgehead atoms. The van der Waals surface area contributed by atoms with Gasteiger partial charge in [0.1, 0.15) is 4.83 Å². The van der Waals surface area contributed by atoms with Crippen LogP contribution >= 0.6 is 11.3 Å². The van der Waals surface area contributed by atoms with Gasteiger partial charge >= 0.3 is 6.09 Å². The summed E-state index contributed by atoms with van der Waals surface area (Å²) in [6.07, 6.45) is 2.41. The Kier molecular flexibility index (Phi) is 7.49. The fourth-order valence-electron chi connectivity index (χ4n) is 4.83. The minimum atomic E-state index is -1.30. The lowest BCUT2D eigenvalue weighted by Gasteiger charge is -2.26. The van der Waals surface area contributed by atoms with Crippen LogP contribution in [0.5, 0.6) is 0 Å². The van der Waals surface area contributed by atoms with Gasteiger partial charge in [-0.3, -0.25) is 14.5 Å². The number of carbonyl (C=O) groups excluding carboxylic acids is 2. The lowest BCUT2D eigenvalue weighted by Crippen LogP contribution is -2.40. The first kappa shape index (κ1) is 26.6. The molecule has 202 valence electrons. The first-order valence-corrected chi connectivity index (χ1v) is 13.8. The van der Waals surface area contributed by atoms with Gasteiger partial charge in [0.25, 0.3) is 11.8 Å². The Hall–Kier alpha value is -4.02. The van der Waals surface area contributed by atoms with Gasteiger partial charge in [0.2, 0.25) is 0 Å². The molecule has 0 spiro atoms. The largest absolute Gasteiger partial charge is 0.463 e. The molecule has 0 aliphatic carbocycles. The first-order chi connectivity index (χ1) is 18.7. The number of nitrogens with one attached hydrogen (secondary N) is 2. The number of benzene rings is 2. The van der Waals surface area contributed by atoms with E-state index in [-0.39, 0.29) is 16.6 Å². The molecule has 1 fully saturated rings. The zero-order valence-electron chi connectivity index (χ0n) is 21.9. The number of hydrogen-bond acceptors (Lipinski definition) is 6. The molecule has 0 unspecified atom stereocenters. The van der Waals surface area contributed by atoms with Gasteiger partial charge < -0.3 is 15.7 Å². The van der Waals surface area contributed by atoms with Crippen LogP contribution in [0.3, 0.4) is 0 Å². The zero-order valence-corrected chi connectivity index (χ0v) is 22.8. The summed E-state index contributed by atoms with van der Waals surface area (Å²) in [4.78, 5) is 41.0. The summed E-state index contributed by atoms with van der Waals surface area (Å²) >= 11 is 1.01. The van der Waals surface area contributed by atoms with Gasteiger partial charge in [0, 0.05) is 12.1 Å². The summed E-state index contributed by atoms with van der Waals surface area (Å²) in [7, 11) is 0. The maximum Gasteiger partial charge on any atom is 0.433 e. The average Bonchev–Trinajstić information content (AvgIpc) is 3.51. The highest BCUT2D eigenvalue weighted by molar-refractivity contribution is 7.20. The van der Waals surface area contributed by atoms with Gasteiger partial charge in [-0.25, -0.2) is 4.79 Å². The number of aromatic nitrogens is 2. The number of piperidine rings is 1. The number of fused-ring (bicyclic) bond motifs is 1. The third-order valence-corrected chi connectivity index (χ3v) is 8.10. The molecule has 3 N–H and O–H groups in total. The molecule has 2 amide bonds. The zero-order chi connectivity index (χ0) is 27.6. The standard InChI is InChI=1S/C29H31N5O4S/c1-29(2,21-9-5-3-6-10-21)31-26(36)23-17-22-24(32-34(28(37)38)27(22)39-23)30-25(35)20-13-11-19(12-14-20)18-33-15-7-4-8-16-33/h3,5-6,9-14,17H,4,7-8,15-16,18H2,1-2H3,(H,31,36)(H,37,38)(H,30,32,35). The van der Waals surface area contributed by atoms with Gasteiger partial charge in [-0.2, -0.15) is 4.68 Å². The van der Waals surface area contributed by atoms with E-state index in [1.165, 1.54) is 19.3 Å². The van der Waals surface area contributed by atoms with Crippen LogP contribution in [-0.4, -0.2) is 50.8 Å². The van der Waals surface area contributed by atoms with E-state index < -0.39 is 17.5 Å². The monoisotopic (exact) mass is 545 g/mol. The number of carboxylic acid groups (broad SMARTS) is 1. The predicted octanol–water partition coefficient (Wildman–Crippen LogP) is 5.53. The number of nitrogens with zero attached hydrogens (tertiary/aromatic N) is 3. The van der Waals surface area contributed by atoms with Crippen molar-refractivity contribution in [1.82, 2.24) is 20.0 Å². The number of rotatable bonds is 7. The maximum absolute atomic E-state index is 13.1. The molecular formula is C29H31N5O4S. The van der Waals surface area contributed by atoms with Crippen LogP contribution in [-0.2, 0) is 12.1 Å². The topological polar surface area (TPSA) is 117 Å². The molecule has 9 nitrogen and oxygen atoms in total. The van der Waals surface area contributed by atoms with E-state index >= 15 is 0 Å². The number of carbonyl (C=O) groups is 3. The summed E-state index contributed by atoms with van der Waals surface area (Å²) in [5.74, 6) is -0.658. The van der Waals surface area contributed by atoms with Crippen molar-refractivity contribution < 1.29 is 19.5 Å². The van der Waals surface area contributed by atoms with Crippen LogP contribution in [0, 0.1) is 0 Å². The van der Waals surface area contributed by atoms with Crippen LogP contribution in [0.15, 0.2) is 60.7 Å². The van der Waals surface area contributed by atoms with Crippen LogP contribution in [0.25, 0.3) is 10.2 Å². The number of hydrogen-bond donors (Lipinski definition) is 3. The van der Waals surface area contributed by atoms with Crippen LogP contribution in [0.2, 0.25) is 0 Å². The van der Waals surface area contributed by atoms with Crippen molar-refractivity contribution in [3.8, 4) is 0 Å². The highest BCUT2D eigenvalue weighted by atomic mass is 32.1. The minimum Gasteiger partial charge on any atom is -0.463 e. The second-order valence-electron chi connectivity index (χ2n) is 10.3. The number of thiophene rings is 1. The van der Waals surface area contributed by atoms with Crippen molar-refractivity contribution >= 4 is 45.3 Å². The van der Waals surface area contributed by atoms with Gasteiger partial charge in [-0.1, -0.05) is 48.9 Å². The fourth-order valence-corrected chi connectivity index (χ4v) is 5.83. The second-order valence-corrected chi connectivity index (χ2v) is 11.3. The normalized spacial score (nSPS) is 14.3. The highest BCUT2D eigenvalue weighted by Crippen LogP contribution is 2.32. The molecule has 0 saturated carbocycles. The summed E-state index contributed by atoms with van der Waals surface area (Å²) < 4.78 is 0.788. The van der Waals surface area contributed by atoms with Crippen LogP contribution in [0.4, 0.5) is 10.6 Å². The van der Waals surface area contributed by atoms with Gasteiger partial charge in [-0.05, 0) is 69.1 Å². The van der Waals surface area contributed by atoms with Crippen LogP contribution < -0.4 is 10.6 Å². The Morgan fingerprint density at radius 2 is 1.67 bits per heavy atom. The molecule has 5 rings (SSSR count). The van der Waals surface area contributed by atoms with Gasteiger partial charge in [-0.15, -0.1) is 16.4 Å². The quantitative estimate of drug-likeness (QED) is 0.281. The van der Waals surface area contributed by atoms with Crippen molar-refractivity contribution in [3.05, 3.63) is 82.2 Å². The van der Waals surface area contributed by atoms with E-state index in [2.05, 4.69) is 20.6 Å². The summed E-state index contributed by atoms with van der Waals surface area (Å²) in [6.45, 7) is 6.84. The van der Waals surface area contributed by atoms with E-state index in [9.17, 15) is 19.5 Å². The molecule has 0 radical (unpaired) electrons. The Balaban J connectivity index is 1.34. The number of likely N-dealkylation sites (tertiary alicyclic amines) is 1. The van der Waals surface area contributed by atoms with Crippen molar-refractivity contribution in [1.29, 1.82) is 0 Å². The van der Waals surface area contributed by atoms with Crippen LogP contribution in [0.1, 0.15) is 64.3 Å². The van der Waals surface area contributed by atoms with Gasteiger partial charge in [0.15, 0.2) is 5.82 Å². The molecule has 3 heterocycles. The summed E-state index contributed by atoms with van der Waals surface area (Å²) in [5.41, 5.74) is 1.86. The SMILES string of the molecule is CC(C)(NC(=O)c1cc2c(NC(=O)c3ccc(CN4CCCCC4)cc3)nn(C(=O)O)c2s1)c1ccccc1. The number of anilines is 1.